The standard InChI is InChI=1S/C12H20N2O2/c1-2-6-14-7-5-13-12(14)11(15)9-10-4-3-8-16-10/h5,7,10-11,15H,2-4,6,8-9H2,1H3. The summed E-state index contributed by atoms with van der Waals surface area (Å²) in [5, 5.41) is 10.1. The predicted octanol–water partition coefficient (Wildman–Crippen LogP) is 1.90. The lowest BCUT2D eigenvalue weighted by Gasteiger charge is -2.16. The summed E-state index contributed by atoms with van der Waals surface area (Å²) in [6.45, 7) is 3.87. The smallest absolute Gasteiger partial charge is 0.137 e. The summed E-state index contributed by atoms with van der Waals surface area (Å²) in [5.41, 5.74) is 0. The molecule has 2 atom stereocenters. The lowest BCUT2D eigenvalue weighted by atomic mass is 10.1. The molecule has 0 saturated carbocycles. The van der Waals surface area contributed by atoms with E-state index in [4.69, 9.17) is 4.74 Å². The first-order chi connectivity index (χ1) is 7.81. The zero-order valence-electron chi connectivity index (χ0n) is 9.80. The Morgan fingerprint density at radius 3 is 3.25 bits per heavy atom. The zero-order valence-corrected chi connectivity index (χ0v) is 9.80. The van der Waals surface area contributed by atoms with Gasteiger partial charge >= 0.3 is 0 Å². The van der Waals surface area contributed by atoms with E-state index >= 15 is 0 Å². The number of ether oxygens (including phenoxy) is 1. The number of nitrogens with zero attached hydrogens (tertiary/aromatic N) is 2. The number of aryl methyl sites for hydroxylation is 1. The SMILES string of the molecule is CCCn1ccnc1C(O)CC1CCCO1. The van der Waals surface area contributed by atoms with E-state index in [1.807, 2.05) is 10.8 Å². The van der Waals surface area contributed by atoms with Crippen molar-refractivity contribution in [3.63, 3.8) is 0 Å². The third kappa shape index (κ3) is 2.62. The van der Waals surface area contributed by atoms with Gasteiger partial charge in [0.05, 0.1) is 6.10 Å². The molecule has 1 aliphatic heterocycles. The summed E-state index contributed by atoms with van der Waals surface area (Å²) in [7, 11) is 0. The molecule has 0 bridgehead atoms. The van der Waals surface area contributed by atoms with E-state index in [1.54, 1.807) is 6.20 Å². The van der Waals surface area contributed by atoms with Crippen LogP contribution < -0.4 is 0 Å². The molecule has 2 heterocycles. The molecule has 1 aromatic rings. The van der Waals surface area contributed by atoms with Crippen LogP contribution in [0, 0.1) is 0 Å². The minimum atomic E-state index is -0.496. The van der Waals surface area contributed by atoms with Crippen molar-refractivity contribution in [3.8, 4) is 0 Å². The predicted molar refractivity (Wildman–Crippen MR) is 61.1 cm³/mol. The Balaban J connectivity index is 1.96. The third-order valence-corrected chi connectivity index (χ3v) is 3.02. The van der Waals surface area contributed by atoms with Gasteiger partial charge < -0.3 is 14.4 Å². The second-order valence-corrected chi connectivity index (χ2v) is 4.37. The topological polar surface area (TPSA) is 47.3 Å². The summed E-state index contributed by atoms with van der Waals surface area (Å²) in [4.78, 5) is 4.23. The van der Waals surface area contributed by atoms with Gasteiger partial charge in [0.2, 0.25) is 0 Å². The number of hydrogen-bond donors (Lipinski definition) is 1. The average molecular weight is 224 g/mol. The molecule has 1 aromatic heterocycles. The van der Waals surface area contributed by atoms with Crippen LogP contribution in [0.1, 0.15) is 44.5 Å². The van der Waals surface area contributed by atoms with Crippen molar-refractivity contribution in [1.29, 1.82) is 0 Å². The van der Waals surface area contributed by atoms with Crippen molar-refractivity contribution in [2.24, 2.45) is 0 Å². The fourth-order valence-electron chi connectivity index (χ4n) is 2.23. The van der Waals surface area contributed by atoms with Crippen LogP contribution in [-0.4, -0.2) is 27.4 Å². The van der Waals surface area contributed by atoms with Crippen LogP contribution in [0.25, 0.3) is 0 Å². The van der Waals surface area contributed by atoms with Gasteiger partial charge in [0.25, 0.3) is 0 Å². The zero-order chi connectivity index (χ0) is 11.4. The first-order valence-corrected chi connectivity index (χ1v) is 6.12. The number of aliphatic hydroxyl groups is 1. The molecular weight excluding hydrogens is 204 g/mol. The van der Waals surface area contributed by atoms with E-state index < -0.39 is 6.10 Å². The van der Waals surface area contributed by atoms with Crippen molar-refractivity contribution in [2.75, 3.05) is 6.61 Å². The lowest BCUT2D eigenvalue weighted by molar-refractivity contribution is 0.0487. The number of rotatable bonds is 5. The van der Waals surface area contributed by atoms with Crippen molar-refractivity contribution in [1.82, 2.24) is 9.55 Å². The molecule has 2 unspecified atom stereocenters. The number of aliphatic hydroxyl groups excluding tert-OH is 1. The van der Waals surface area contributed by atoms with Crippen LogP contribution in [0.3, 0.4) is 0 Å². The molecule has 1 N–H and O–H groups in total. The fourth-order valence-corrected chi connectivity index (χ4v) is 2.23. The van der Waals surface area contributed by atoms with Crippen LogP contribution in [0.15, 0.2) is 12.4 Å². The molecule has 90 valence electrons. The van der Waals surface area contributed by atoms with Crippen LogP contribution in [-0.2, 0) is 11.3 Å². The molecule has 2 rings (SSSR count). The monoisotopic (exact) mass is 224 g/mol. The molecule has 4 heteroatoms. The summed E-state index contributed by atoms with van der Waals surface area (Å²) in [6, 6.07) is 0. The maximum atomic E-state index is 10.1. The van der Waals surface area contributed by atoms with Crippen molar-refractivity contribution in [3.05, 3.63) is 18.2 Å². The van der Waals surface area contributed by atoms with Crippen molar-refractivity contribution >= 4 is 0 Å². The van der Waals surface area contributed by atoms with Gasteiger partial charge in [-0.05, 0) is 19.3 Å². The number of hydrogen-bond acceptors (Lipinski definition) is 3. The van der Waals surface area contributed by atoms with E-state index in [2.05, 4.69) is 11.9 Å². The van der Waals surface area contributed by atoms with E-state index in [0.717, 1.165) is 38.2 Å². The van der Waals surface area contributed by atoms with Crippen LogP contribution in [0.5, 0.6) is 0 Å². The summed E-state index contributed by atoms with van der Waals surface area (Å²) in [6.07, 6.45) is 7.29. The molecule has 1 aliphatic rings. The van der Waals surface area contributed by atoms with Crippen LogP contribution in [0.4, 0.5) is 0 Å². The van der Waals surface area contributed by atoms with Crippen molar-refractivity contribution < 1.29 is 9.84 Å². The van der Waals surface area contributed by atoms with E-state index in [9.17, 15) is 5.11 Å². The first kappa shape index (κ1) is 11.6. The highest BCUT2D eigenvalue weighted by Gasteiger charge is 2.22. The van der Waals surface area contributed by atoms with Gasteiger partial charge in [-0.15, -0.1) is 0 Å². The van der Waals surface area contributed by atoms with Gasteiger partial charge in [-0.2, -0.15) is 0 Å². The maximum absolute atomic E-state index is 10.1. The molecule has 0 amide bonds. The third-order valence-electron chi connectivity index (χ3n) is 3.02. The molecule has 1 saturated heterocycles. The molecule has 4 nitrogen and oxygen atoms in total. The van der Waals surface area contributed by atoms with Gasteiger partial charge in [0.15, 0.2) is 0 Å². The van der Waals surface area contributed by atoms with Gasteiger partial charge in [0.1, 0.15) is 11.9 Å². The number of aromatic nitrogens is 2. The Morgan fingerprint density at radius 1 is 1.69 bits per heavy atom. The Bertz CT molecular complexity index is 319. The quantitative estimate of drug-likeness (QED) is 0.831. The molecule has 0 spiro atoms. The fraction of sp³-hybridized carbons (Fsp3) is 0.750. The van der Waals surface area contributed by atoms with E-state index in [0.29, 0.717) is 6.42 Å². The minimum absolute atomic E-state index is 0.210. The van der Waals surface area contributed by atoms with E-state index in [-0.39, 0.29) is 6.10 Å². The Hall–Kier alpha value is -0.870. The molecule has 0 radical (unpaired) electrons. The Labute approximate surface area is 96.3 Å². The first-order valence-electron chi connectivity index (χ1n) is 6.12. The van der Waals surface area contributed by atoms with Gasteiger partial charge in [-0.3, -0.25) is 0 Å². The number of imidazole rings is 1. The second kappa shape index (κ2) is 5.46. The van der Waals surface area contributed by atoms with Crippen molar-refractivity contribution in [2.45, 2.75) is 51.4 Å². The molecular formula is C12H20N2O2. The molecule has 0 aromatic carbocycles. The van der Waals surface area contributed by atoms with Crippen LogP contribution >= 0.6 is 0 Å². The highest BCUT2D eigenvalue weighted by Crippen LogP contribution is 2.24. The molecule has 16 heavy (non-hydrogen) atoms. The summed E-state index contributed by atoms with van der Waals surface area (Å²) < 4.78 is 7.55. The minimum Gasteiger partial charge on any atom is -0.385 e. The lowest BCUT2D eigenvalue weighted by Crippen LogP contribution is -2.15. The summed E-state index contributed by atoms with van der Waals surface area (Å²) in [5.74, 6) is 0.775. The average Bonchev–Trinajstić information content (AvgIpc) is 2.89. The van der Waals surface area contributed by atoms with Gasteiger partial charge in [-0.25, -0.2) is 4.98 Å². The van der Waals surface area contributed by atoms with Gasteiger partial charge in [0, 0.05) is 32.0 Å². The molecule has 1 fully saturated rings. The summed E-state index contributed by atoms with van der Waals surface area (Å²) >= 11 is 0. The van der Waals surface area contributed by atoms with E-state index in [1.165, 1.54) is 0 Å². The Morgan fingerprint density at radius 2 is 2.56 bits per heavy atom. The largest absolute Gasteiger partial charge is 0.385 e. The molecule has 0 aliphatic carbocycles. The second-order valence-electron chi connectivity index (χ2n) is 4.37. The highest BCUT2D eigenvalue weighted by molar-refractivity contribution is 4.97. The maximum Gasteiger partial charge on any atom is 0.137 e. The van der Waals surface area contributed by atoms with Gasteiger partial charge in [-0.1, -0.05) is 6.92 Å². The normalized spacial score (nSPS) is 22.5. The van der Waals surface area contributed by atoms with Crippen LogP contribution in [0.2, 0.25) is 0 Å². The highest BCUT2D eigenvalue weighted by atomic mass is 16.5. The Kier molecular flexibility index (Phi) is 3.96.